The average Bonchev–Trinajstić information content (AvgIpc) is 2.90. The van der Waals surface area contributed by atoms with Gasteiger partial charge in [-0.2, -0.15) is 0 Å². The molecule has 2 nitrogen and oxygen atoms in total. The fraction of sp³-hybridized carbons (Fsp3) is 0.333. The summed E-state index contributed by atoms with van der Waals surface area (Å²) in [6.45, 7) is 1.87. The molecular formula is C15H19BrN2S. The van der Waals surface area contributed by atoms with Gasteiger partial charge in [0.25, 0.3) is 0 Å². The number of nitrogens with one attached hydrogen (secondary N) is 1. The molecule has 0 saturated carbocycles. The van der Waals surface area contributed by atoms with Crippen molar-refractivity contribution < 1.29 is 0 Å². The second-order valence-corrected chi connectivity index (χ2v) is 6.65. The molecule has 2 aromatic rings. The molecule has 0 fully saturated rings. The van der Waals surface area contributed by atoms with Crippen LogP contribution in [-0.2, 0) is 6.54 Å². The lowest BCUT2D eigenvalue weighted by molar-refractivity contribution is 0.292. The van der Waals surface area contributed by atoms with E-state index in [4.69, 9.17) is 0 Å². The van der Waals surface area contributed by atoms with Crippen LogP contribution in [-0.4, -0.2) is 25.5 Å². The fourth-order valence-corrected chi connectivity index (χ4v) is 3.16. The zero-order valence-corrected chi connectivity index (χ0v) is 13.7. The van der Waals surface area contributed by atoms with Gasteiger partial charge in [0, 0.05) is 22.4 Å². The smallest absolute Gasteiger partial charge is 0.0561 e. The largest absolute Gasteiger partial charge is 0.311 e. The molecule has 0 aliphatic heterocycles. The summed E-state index contributed by atoms with van der Waals surface area (Å²) >= 11 is 5.28. The topological polar surface area (TPSA) is 15.3 Å². The number of hydrogen-bond donors (Lipinski definition) is 1. The SMILES string of the molecule is CN(C)C(CNCc1ccc(Br)cc1)c1cccs1. The highest BCUT2D eigenvalue weighted by Crippen LogP contribution is 2.22. The Balaban J connectivity index is 1.88. The second-order valence-electron chi connectivity index (χ2n) is 4.75. The number of halogens is 1. The lowest BCUT2D eigenvalue weighted by Crippen LogP contribution is -2.30. The third-order valence-corrected chi connectivity index (χ3v) is 4.58. The van der Waals surface area contributed by atoms with Crippen LogP contribution in [0, 0.1) is 0 Å². The van der Waals surface area contributed by atoms with Crippen molar-refractivity contribution in [2.24, 2.45) is 0 Å². The van der Waals surface area contributed by atoms with Crippen molar-refractivity contribution in [3.8, 4) is 0 Å². The summed E-state index contributed by atoms with van der Waals surface area (Å²) in [5.74, 6) is 0. The lowest BCUT2D eigenvalue weighted by atomic mass is 10.2. The van der Waals surface area contributed by atoms with Crippen LogP contribution >= 0.6 is 27.3 Å². The van der Waals surface area contributed by atoms with Crippen molar-refractivity contribution >= 4 is 27.3 Å². The molecule has 4 heteroatoms. The first-order valence-corrected chi connectivity index (χ1v) is 7.99. The zero-order chi connectivity index (χ0) is 13.7. The highest BCUT2D eigenvalue weighted by Gasteiger charge is 2.14. The second kappa shape index (κ2) is 7.20. The highest BCUT2D eigenvalue weighted by atomic mass is 79.9. The molecule has 19 heavy (non-hydrogen) atoms. The minimum Gasteiger partial charge on any atom is -0.311 e. The number of nitrogens with zero attached hydrogens (tertiary/aromatic N) is 1. The normalized spacial score (nSPS) is 12.8. The summed E-state index contributed by atoms with van der Waals surface area (Å²) in [5.41, 5.74) is 1.31. The average molecular weight is 339 g/mol. The van der Waals surface area contributed by atoms with Gasteiger partial charge in [-0.1, -0.05) is 34.1 Å². The van der Waals surface area contributed by atoms with Gasteiger partial charge in [-0.15, -0.1) is 11.3 Å². The summed E-state index contributed by atoms with van der Waals surface area (Å²) in [6, 6.07) is 13.2. The van der Waals surface area contributed by atoms with Gasteiger partial charge >= 0.3 is 0 Å². The highest BCUT2D eigenvalue weighted by molar-refractivity contribution is 9.10. The summed E-state index contributed by atoms with van der Waals surface area (Å²) in [4.78, 5) is 3.67. The zero-order valence-electron chi connectivity index (χ0n) is 11.3. The summed E-state index contributed by atoms with van der Waals surface area (Å²) in [6.07, 6.45) is 0. The van der Waals surface area contributed by atoms with Crippen LogP contribution in [0.3, 0.4) is 0 Å². The summed E-state index contributed by atoms with van der Waals surface area (Å²) < 4.78 is 1.13. The molecule has 0 aliphatic rings. The van der Waals surface area contributed by atoms with E-state index >= 15 is 0 Å². The Kier molecular flexibility index (Phi) is 5.58. The van der Waals surface area contributed by atoms with Crippen molar-refractivity contribution in [1.29, 1.82) is 0 Å². The van der Waals surface area contributed by atoms with Crippen LogP contribution in [0.2, 0.25) is 0 Å². The Morgan fingerprint density at radius 1 is 1.21 bits per heavy atom. The van der Waals surface area contributed by atoms with E-state index in [2.05, 4.69) is 82.0 Å². The van der Waals surface area contributed by atoms with Crippen molar-refractivity contribution in [2.75, 3.05) is 20.6 Å². The predicted molar refractivity (Wildman–Crippen MR) is 86.6 cm³/mol. The first kappa shape index (κ1) is 14.7. The maximum Gasteiger partial charge on any atom is 0.0561 e. The van der Waals surface area contributed by atoms with Crippen molar-refractivity contribution in [3.05, 3.63) is 56.7 Å². The number of thiophene rings is 1. The number of benzene rings is 1. The van der Waals surface area contributed by atoms with Gasteiger partial charge in [0.2, 0.25) is 0 Å². The van der Waals surface area contributed by atoms with E-state index in [1.165, 1.54) is 10.4 Å². The first-order chi connectivity index (χ1) is 9.16. The molecule has 1 N–H and O–H groups in total. The van der Waals surface area contributed by atoms with Crippen LogP contribution in [0.1, 0.15) is 16.5 Å². The molecule has 0 saturated heterocycles. The molecule has 0 bridgehead atoms. The van der Waals surface area contributed by atoms with Crippen LogP contribution in [0.5, 0.6) is 0 Å². The quantitative estimate of drug-likeness (QED) is 0.859. The van der Waals surface area contributed by atoms with E-state index in [0.29, 0.717) is 6.04 Å². The van der Waals surface area contributed by atoms with Gasteiger partial charge in [0.1, 0.15) is 0 Å². The third-order valence-electron chi connectivity index (χ3n) is 3.08. The van der Waals surface area contributed by atoms with E-state index in [-0.39, 0.29) is 0 Å². The van der Waals surface area contributed by atoms with E-state index in [0.717, 1.165) is 17.6 Å². The number of likely N-dealkylation sites (N-methyl/N-ethyl adjacent to an activating group) is 1. The maximum atomic E-state index is 3.54. The third kappa shape index (κ3) is 4.42. The standard InChI is InChI=1S/C15H19BrN2S/c1-18(2)14(15-4-3-9-19-15)11-17-10-12-5-7-13(16)8-6-12/h3-9,14,17H,10-11H2,1-2H3. The number of hydrogen-bond acceptors (Lipinski definition) is 3. The van der Waals surface area contributed by atoms with Crippen molar-refractivity contribution in [1.82, 2.24) is 10.2 Å². The summed E-state index contributed by atoms with van der Waals surface area (Å²) in [7, 11) is 4.26. The van der Waals surface area contributed by atoms with Gasteiger partial charge in [-0.05, 0) is 43.2 Å². The van der Waals surface area contributed by atoms with Crippen LogP contribution in [0.15, 0.2) is 46.3 Å². The van der Waals surface area contributed by atoms with Gasteiger partial charge < -0.3 is 10.2 Å². The minimum atomic E-state index is 0.440. The van der Waals surface area contributed by atoms with Crippen LogP contribution < -0.4 is 5.32 Å². The van der Waals surface area contributed by atoms with Gasteiger partial charge in [-0.25, -0.2) is 0 Å². The van der Waals surface area contributed by atoms with E-state index in [1.54, 1.807) is 0 Å². The molecular weight excluding hydrogens is 320 g/mol. The molecule has 0 aliphatic carbocycles. The Hall–Kier alpha value is -0.680. The van der Waals surface area contributed by atoms with Gasteiger partial charge in [-0.3, -0.25) is 0 Å². The van der Waals surface area contributed by atoms with E-state index < -0.39 is 0 Å². The molecule has 0 radical (unpaired) electrons. The maximum absolute atomic E-state index is 3.54. The Morgan fingerprint density at radius 2 is 1.95 bits per heavy atom. The van der Waals surface area contributed by atoms with E-state index in [9.17, 15) is 0 Å². The van der Waals surface area contributed by atoms with Gasteiger partial charge in [0.15, 0.2) is 0 Å². The molecule has 102 valence electrons. The Labute approximate surface area is 127 Å². The predicted octanol–water partition coefficient (Wildman–Crippen LogP) is 3.90. The van der Waals surface area contributed by atoms with E-state index in [1.807, 2.05) is 11.3 Å². The molecule has 0 spiro atoms. The fourth-order valence-electron chi connectivity index (χ4n) is 1.97. The first-order valence-electron chi connectivity index (χ1n) is 6.32. The molecule has 1 unspecified atom stereocenters. The monoisotopic (exact) mass is 338 g/mol. The van der Waals surface area contributed by atoms with Gasteiger partial charge in [0.05, 0.1) is 6.04 Å². The van der Waals surface area contributed by atoms with Crippen molar-refractivity contribution in [3.63, 3.8) is 0 Å². The molecule has 1 heterocycles. The minimum absolute atomic E-state index is 0.440. The van der Waals surface area contributed by atoms with Crippen LogP contribution in [0.25, 0.3) is 0 Å². The summed E-state index contributed by atoms with van der Waals surface area (Å²) in [5, 5.41) is 5.68. The molecule has 0 amide bonds. The molecule has 2 rings (SSSR count). The molecule has 1 aromatic carbocycles. The lowest BCUT2D eigenvalue weighted by Gasteiger charge is -2.23. The van der Waals surface area contributed by atoms with Crippen molar-refractivity contribution in [2.45, 2.75) is 12.6 Å². The number of rotatable bonds is 6. The van der Waals surface area contributed by atoms with Crippen LogP contribution in [0.4, 0.5) is 0 Å². The molecule has 1 aromatic heterocycles. The Morgan fingerprint density at radius 3 is 2.53 bits per heavy atom. The molecule has 1 atom stereocenters. The Bertz CT molecular complexity index is 479.